The number of benzene rings is 2. The van der Waals surface area contributed by atoms with Gasteiger partial charge in [-0.15, -0.1) is 0 Å². The van der Waals surface area contributed by atoms with E-state index in [9.17, 15) is 4.79 Å². The molecule has 2 heterocycles. The number of carbonyl (C=O) groups excluding carboxylic acids is 1. The smallest absolute Gasteiger partial charge is 0.324 e. The van der Waals surface area contributed by atoms with Crippen LogP contribution in [0.1, 0.15) is 47.3 Å². The lowest BCUT2D eigenvalue weighted by molar-refractivity contribution is -0.166. The summed E-state index contributed by atoms with van der Waals surface area (Å²) in [6.45, 7) is 0. The van der Waals surface area contributed by atoms with Crippen LogP contribution in [0.15, 0.2) is 66.2 Å². The van der Waals surface area contributed by atoms with Crippen molar-refractivity contribution >= 4 is 21.9 Å². The number of hydrogen-bond donors (Lipinski definition) is 0. The first-order valence-corrected chi connectivity index (χ1v) is 10.2. The summed E-state index contributed by atoms with van der Waals surface area (Å²) in [5.74, 6) is 1.06. The number of allylic oxidation sites excluding steroid dienone is 1. The lowest BCUT2D eigenvalue weighted by atomic mass is 9.49. The van der Waals surface area contributed by atoms with Gasteiger partial charge in [0.1, 0.15) is 10.4 Å². The van der Waals surface area contributed by atoms with Crippen LogP contribution in [0.2, 0.25) is 0 Å². The average Bonchev–Trinajstić information content (AvgIpc) is 2.68. The second kappa shape index (κ2) is 5.10. The number of esters is 1. The third-order valence-electron chi connectivity index (χ3n) is 7.06. The second-order valence-corrected chi connectivity index (χ2v) is 9.35. The SMILES string of the molecule is O=C1OC2CC3c4ccccc4C4C(C2=CC[C@@H]4c2ccccc2)C13Br. The van der Waals surface area contributed by atoms with E-state index < -0.39 is 4.32 Å². The summed E-state index contributed by atoms with van der Waals surface area (Å²) in [4.78, 5) is 13.0. The minimum Gasteiger partial charge on any atom is -0.457 e. The minimum atomic E-state index is -0.611. The predicted molar refractivity (Wildman–Crippen MR) is 103 cm³/mol. The number of alkyl halides is 1. The highest BCUT2D eigenvalue weighted by Crippen LogP contribution is 2.68. The molecule has 0 N–H and O–H groups in total. The van der Waals surface area contributed by atoms with Gasteiger partial charge in [-0.3, -0.25) is 4.79 Å². The van der Waals surface area contributed by atoms with Gasteiger partial charge in [0.15, 0.2) is 0 Å². The summed E-state index contributed by atoms with van der Waals surface area (Å²) in [7, 11) is 0. The van der Waals surface area contributed by atoms with Gasteiger partial charge in [-0.1, -0.05) is 76.6 Å². The van der Waals surface area contributed by atoms with Crippen molar-refractivity contribution in [2.75, 3.05) is 0 Å². The maximum Gasteiger partial charge on any atom is 0.324 e. The van der Waals surface area contributed by atoms with E-state index in [4.69, 9.17) is 4.74 Å². The second-order valence-electron chi connectivity index (χ2n) is 8.04. The van der Waals surface area contributed by atoms with Gasteiger partial charge in [-0.25, -0.2) is 0 Å². The Morgan fingerprint density at radius 2 is 1.73 bits per heavy atom. The molecule has 1 saturated carbocycles. The molecule has 2 saturated heterocycles. The number of ether oxygens (including phenoxy) is 1. The molecule has 0 radical (unpaired) electrons. The quantitative estimate of drug-likeness (QED) is 0.375. The van der Waals surface area contributed by atoms with E-state index in [-0.39, 0.29) is 23.9 Å². The lowest BCUT2D eigenvalue weighted by Crippen LogP contribution is -2.64. The fourth-order valence-corrected chi connectivity index (χ4v) is 7.16. The fraction of sp³-hybridized carbons (Fsp3) is 0.348. The van der Waals surface area contributed by atoms with E-state index in [1.807, 2.05) is 0 Å². The molecule has 0 spiro atoms. The Bertz CT molecular complexity index is 950. The summed E-state index contributed by atoms with van der Waals surface area (Å²) in [6.07, 6.45) is 4.25. The molecule has 2 aliphatic heterocycles. The van der Waals surface area contributed by atoms with Crippen LogP contribution >= 0.6 is 15.9 Å². The van der Waals surface area contributed by atoms with Gasteiger partial charge in [0.2, 0.25) is 0 Å². The zero-order valence-electron chi connectivity index (χ0n) is 14.3. The third-order valence-corrected chi connectivity index (χ3v) is 8.43. The fourth-order valence-electron chi connectivity index (χ4n) is 6.08. The molecule has 4 bridgehead atoms. The third kappa shape index (κ3) is 1.70. The van der Waals surface area contributed by atoms with Gasteiger partial charge in [0.05, 0.1) is 0 Å². The van der Waals surface area contributed by atoms with Gasteiger partial charge in [0.25, 0.3) is 0 Å². The summed E-state index contributed by atoms with van der Waals surface area (Å²) in [5.41, 5.74) is 5.50. The summed E-state index contributed by atoms with van der Waals surface area (Å²) in [5, 5.41) is 0. The van der Waals surface area contributed by atoms with E-state index in [2.05, 4.69) is 76.6 Å². The molecule has 3 heteroatoms. The van der Waals surface area contributed by atoms with Gasteiger partial charge in [-0.2, -0.15) is 0 Å². The lowest BCUT2D eigenvalue weighted by Gasteiger charge is -2.61. The van der Waals surface area contributed by atoms with Crippen molar-refractivity contribution < 1.29 is 9.53 Å². The Kier molecular flexibility index (Phi) is 2.98. The molecular formula is C23H19BrO2. The number of rotatable bonds is 1. The summed E-state index contributed by atoms with van der Waals surface area (Å²) < 4.78 is 5.20. The molecule has 2 aromatic rings. The van der Waals surface area contributed by atoms with Crippen LogP contribution in [0.5, 0.6) is 0 Å². The van der Waals surface area contributed by atoms with E-state index in [1.165, 1.54) is 22.3 Å². The Morgan fingerprint density at radius 1 is 1.00 bits per heavy atom. The first kappa shape index (κ1) is 15.2. The van der Waals surface area contributed by atoms with Crippen molar-refractivity contribution in [3.63, 3.8) is 0 Å². The van der Waals surface area contributed by atoms with Crippen molar-refractivity contribution in [3.8, 4) is 0 Å². The zero-order chi connectivity index (χ0) is 17.5. The Labute approximate surface area is 161 Å². The van der Waals surface area contributed by atoms with Crippen LogP contribution in [0.3, 0.4) is 0 Å². The van der Waals surface area contributed by atoms with Crippen LogP contribution in [0.25, 0.3) is 0 Å². The maximum atomic E-state index is 13.0. The molecule has 0 aromatic heterocycles. The number of hydrogen-bond acceptors (Lipinski definition) is 2. The molecule has 3 aliphatic carbocycles. The molecule has 5 aliphatic rings. The Balaban J connectivity index is 1.64. The van der Waals surface area contributed by atoms with Crippen molar-refractivity contribution in [1.29, 1.82) is 0 Å². The molecule has 7 rings (SSSR count). The molecule has 6 atom stereocenters. The average molecular weight is 407 g/mol. The monoisotopic (exact) mass is 406 g/mol. The Morgan fingerprint density at radius 3 is 2.54 bits per heavy atom. The summed E-state index contributed by atoms with van der Waals surface area (Å²) >= 11 is 3.95. The van der Waals surface area contributed by atoms with Crippen LogP contribution in [-0.2, 0) is 9.53 Å². The number of fused-ring (bicyclic) bond motifs is 3. The van der Waals surface area contributed by atoms with Crippen molar-refractivity contribution in [3.05, 3.63) is 82.9 Å². The van der Waals surface area contributed by atoms with Crippen LogP contribution in [0.4, 0.5) is 0 Å². The molecular weight excluding hydrogens is 388 g/mol. The molecule has 130 valence electrons. The van der Waals surface area contributed by atoms with Gasteiger partial charge >= 0.3 is 5.97 Å². The van der Waals surface area contributed by atoms with Crippen molar-refractivity contribution in [2.45, 2.75) is 41.0 Å². The molecule has 2 aromatic carbocycles. The van der Waals surface area contributed by atoms with Crippen molar-refractivity contribution in [1.82, 2.24) is 0 Å². The van der Waals surface area contributed by atoms with Gasteiger partial charge < -0.3 is 4.74 Å². The number of carbonyl (C=O) groups is 1. The van der Waals surface area contributed by atoms with Crippen LogP contribution < -0.4 is 0 Å². The highest BCUT2D eigenvalue weighted by Gasteiger charge is 2.68. The Hall–Kier alpha value is -1.87. The number of halogens is 1. The molecule has 0 amide bonds. The first-order valence-electron chi connectivity index (χ1n) is 9.43. The molecule has 26 heavy (non-hydrogen) atoms. The van der Waals surface area contributed by atoms with E-state index in [0.717, 1.165) is 12.8 Å². The van der Waals surface area contributed by atoms with Gasteiger partial charge in [-0.05, 0) is 46.9 Å². The zero-order valence-corrected chi connectivity index (χ0v) is 15.9. The van der Waals surface area contributed by atoms with E-state index in [1.54, 1.807) is 0 Å². The normalized spacial score (nSPS) is 39.0. The first-order chi connectivity index (χ1) is 12.7. The van der Waals surface area contributed by atoms with Crippen LogP contribution in [0, 0.1) is 5.92 Å². The van der Waals surface area contributed by atoms with Gasteiger partial charge in [0, 0.05) is 11.8 Å². The predicted octanol–water partition coefficient (Wildman–Crippen LogP) is 5.06. The van der Waals surface area contributed by atoms with Crippen molar-refractivity contribution in [2.24, 2.45) is 5.92 Å². The molecule has 3 fully saturated rings. The standard InChI is InChI=1S/C23H19BrO2/c24-23-18-12-19(26-22(23)25)17-11-10-14(13-6-2-1-3-7-13)20(21(17)23)16-9-5-4-8-15(16)18/h1-9,11,14,18-21H,10,12H2/t14-,18?,19?,20?,21?,23?/m1/s1. The van der Waals surface area contributed by atoms with Crippen LogP contribution in [-0.4, -0.2) is 16.4 Å². The molecule has 5 unspecified atom stereocenters. The largest absolute Gasteiger partial charge is 0.457 e. The topological polar surface area (TPSA) is 26.3 Å². The summed E-state index contributed by atoms with van der Waals surface area (Å²) in [6, 6.07) is 19.6. The highest BCUT2D eigenvalue weighted by molar-refractivity contribution is 9.10. The highest BCUT2D eigenvalue weighted by atomic mass is 79.9. The maximum absolute atomic E-state index is 13.0. The minimum absolute atomic E-state index is 0.0375. The molecule has 2 nitrogen and oxygen atoms in total. The van der Waals surface area contributed by atoms with E-state index >= 15 is 0 Å². The van der Waals surface area contributed by atoms with E-state index in [0.29, 0.717) is 11.8 Å².